The van der Waals surface area contributed by atoms with Crippen LogP contribution in [0.4, 0.5) is 10.2 Å². The Morgan fingerprint density at radius 1 is 1.07 bits per heavy atom. The van der Waals surface area contributed by atoms with Gasteiger partial charge in [-0.2, -0.15) is 5.10 Å². The number of nitrogens with zero attached hydrogens (tertiary/aromatic N) is 2. The first-order chi connectivity index (χ1) is 14.2. The van der Waals surface area contributed by atoms with Crippen LogP contribution in [0.1, 0.15) is 20.8 Å². The molecule has 146 valence electrons. The standard InChI is InChI=1S/C22H18FN3O2S/c23-17-9-7-16(8-10-17)15-28-20-6-2-1-5-19(20)22(27)25-21-11-12-24-26(21)14-18-4-3-13-29-18/h1-13H,14-15H2,(H,25,27). The summed E-state index contributed by atoms with van der Waals surface area (Å²) in [6.07, 6.45) is 1.65. The molecule has 2 aromatic heterocycles. The molecule has 4 rings (SSSR count). The van der Waals surface area contributed by atoms with Crippen molar-refractivity contribution in [1.29, 1.82) is 0 Å². The van der Waals surface area contributed by atoms with E-state index in [1.165, 1.54) is 12.1 Å². The van der Waals surface area contributed by atoms with Crippen molar-refractivity contribution in [2.45, 2.75) is 13.2 Å². The van der Waals surface area contributed by atoms with Gasteiger partial charge in [-0.05, 0) is 41.3 Å². The monoisotopic (exact) mass is 407 g/mol. The normalized spacial score (nSPS) is 10.7. The van der Waals surface area contributed by atoms with Crippen molar-refractivity contribution in [1.82, 2.24) is 9.78 Å². The molecule has 4 aromatic rings. The third kappa shape index (κ3) is 4.70. The fourth-order valence-electron chi connectivity index (χ4n) is 2.82. The van der Waals surface area contributed by atoms with Gasteiger partial charge < -0.3 is 10.1 Å². The highest BCUT2D eigenvalue weighted by Gasteiger charge is 2.15. The van der Waals surface area contributed by atoms with Gasteiger partial charge in [0, 0.05) is 10.9 Å². The Hall–Kier alpha value is -3.45. The van der Waals surface area contributed by atoms with E-state index in [0.29, 0.717) is 23.7 Å². The Morgan fingerprint density at radius 3 is 2.69 bits per heavy atom. The number of aromatic nitrogens is 2. The van der Waals surface area contributed by atoms with E-state index in [1.54, 1.807) is 64.7 Å². The van der Waals surface area contributed by atoms with Crippen LogP contribution in [0.2, 0.25) is 0 Å². The molecule has 0 atom stereocenters. The number of thiophene rings is 1. The summed E-state index contributed by atoms with van der Waals surface area (Å²) in [5.74, 6) is 0.482. The summed E-state index contributed by atoms with van der Waals surface area (Å²) in [5.41, 5.74) is 1.23. The van der Waals surface area contributed by atoms with E-state index in [4.69, 9.17) is 4.74 Å². The fraction of sp³-hybridized carbons (Fsp3) is 0.0909. The van der Waals surface area contributed by atoms with Crippen LogP contribution in [0.25, 0.3) is 0 Å². The van der Waals surface area contributed by atoms with Gasteiger partial charge in [-0.3, -0.25) is 4.79 Å². The van der Waals surface area contributed by atoms with E-state index in [1.807, 2.05) is 17.5 Å². The number of carbonyl (C=O) groups is 1. The van der Waals surface area contributed by atoms with Crippen LogP contribution in [0, 0.1) is 5.82 Å². The molecule has 0 saturated carbocycles. The molecule has 5 nitrogen and oxygen atoms in total. The predicted molar refractivity (Wildman–Crippen MR) is 111 cm³/mol. The zero-order valence-corrected chi connectivity index (χ0v) is 16.2. The van der Waals surface area contributed by atoms with Gasteiger partial charge in [0.2, 0.25) is 0 Å². The number of rotatable bonds is 7. The maximum Gasteiger partial charge on any atom is 0.260 e. The quantitative estimate of drug-likeness (QED) is 0.471. The van der Waals surface area contributed by atoms with Gasteiger partial charge in [-0.15, -0.1) is 11.3 Å². The minimum atomic E-state index is -0.298. The van der Waals surface area contributed by atoms with Gasteiger partial charge in [-0.25, -0.2) is 9.07 Å². The second-order valence-electron chi connectivity index (χ2n) is 6.32. The summed E-state index contributed by atoms with van der Waals surface area (Å²) >= 11 is 1.64. The molecule has 2 aromatic carbocycles. The predicted octanol–water partition coefficient (Wildman–Crippen LogP) is 4.96. The summed E-state index contributed by atoms with van der Waals surface area (Å²) in [4.78, 5) is 14.0. The lowest BCUT2D eigenvalue weighted by Gasteiger charge is -2.12. The van der Waals surface area contributed by atoms with Crippen molar-refractivity contribution in [2.75, 3.05) is 5.32 Å². The largest absolute Gasteiger partial charge is 0.488 e. The number of amides is 1. The number of hydrogen-bond donors (Lipinski definition) is 1. The minimum Gasteiger partial charge on any atom is -0.488 e. The summed E-state index contributed by atoms with van der Waals surface area (Å²) in [5, 5.41) is 9.20. The Bertz CT molecular complexity index is 1090. The lowest BCUT2D eigenvalue weighted by Crippen LogP contribution is -2.17. The van der Waals surface area contributed by atoms with Crippen molar-refractivity contribution in [3.8, 4) is 5.75 Å². The lowest BCUT2D eigenvalue weighted by atomic mass is 10.2. The van der Waals surface area contributed by atoms with Crippen molar-refractivity contribution < 1.29 is 13.9 Å². The third-order valence-corrected chi connectivity index (χ3v) is 5.14. The van der Waals surface area contributed by atoms with Gasteiger partial charge in [-0.1, -0.05) is 30.3 Å². The van der Waals surface area contributed by atoms with Crippen molar-refractivity contribution in [2.24, 2.45) is 0 Å². The summed E-state index contributed by atoms with van der Waals surface area (Å²) in [7, 11) is 0. The molecule has 0 saturated heterocycles. The van der Waals surface area contributed by atoms with Crippen LogP contribution >= 0.6 is 11.3 Å². The molecular weight excluding hydrogens is 389 g/mol. The summed E-state index contributed by atoms with van der Waals surface area (Å²) < 4.78 is 20.6. The average molecular weight is 407 g/mol. The average Bonchev–Trinajstić information content (AvgIpc) is 3.40. The SMILES string of the molecule is O=C(Nc1ccnn1Cc1cccs1)c1ccccc1OCc1ccc(F)cc1. The first-order valence-corrected chi connectivity index (χ1v) is 9.89. The number of carbonyl (C=O) groups excluding carboxylic acids is 1. The van der Waals surface area contributed by atoms with Gasteiger partial charge in [0.15, 0.2) is 0 Å². The molecule has 1 N–H and O–H groups in total. The molecule has 29 heavy (non-hydrogen) atoms. The minimum absolute atomic E-state index is 0.237. The zero-order chi connectivity index (χ0) is 20.1. The van der Waals surface area contributed by atoms with Crippen molar-refractivity contribution >= 4 is 23.1 Å². The van der Waals surface area contributed by atoms with Crippen LogP contribution in [0.3, 0.4) is 0 Å². The topological polar surface area (TPSA) is 56.2 Å². The first-order valence-electron chi connectivity index (χ1n) is 9.01. The van der Waals surface area contributed by atoms with E-state index in [2.05, 4.69) is 10.4 Å². The van der Waals surface area contributed by atoms with Gasteiger partial charge in [0.25, 0.3) is 5.91 Å². The lowest BCUT2D eigenvalue weighted by molar-refractivity contribution is 0.102. The number of benzene rings is 2. The molecule has 0 fully saturated rings. The van der Waals surface area contributed by atoms with Crippen LogP contribution < -0.4 is 10.1 Å². The third-order valence-electron chi connectivity index (χ3n) is 4.28. The van der Waals surface area contributed by atoms with Crippen LogP contribution in [-0.2, 0) is 13.2 Å². The molecule has 0 aliphatic carbocycles. The maximum absolute atomic E-state index is 13.1. The van der Waals surface area contributed by atoms with Crippen molar-refractivity contribution in [3.63, 3.8) is 0 Å². The molecule has 0 aliphatic heterocycles. The smallest absolute Gasteiger partial charge is 0.260 e. The Labute approximate surface area is 171 Å². The van der Waals surface area contributed by atoms with E-state index < -0.39 is 0 Å². The highest BCUT2D eigenvalue weighted by molar-refractivity contribution is 7.09. The summed E-state index contributed by atoms with van der Waals surface area (Å²) in [6, 6.07) is 18.9. The molecule has 1 amide bonds. The van der Waals surface area contributed by atoms with Crippen LogP contribution in [0.5, 0.6) is 5.75 Å². The van der Waals surface area contributed by atoms with Gasteiger partial charge >= 0.3 is 0 Å². The first kappa shape index (κ1) is 18.9. The molecular formula is C22H18FN3O2S. The van der Waals surface area contributed by atoms with Crippen molar-refractivity contribution in [3.05, 3.63) is 100 Å². The molecule has 2 heterocycles. The number of nitrogens with one attached hydrogen (secondary N) is 1. The molecule has 0 aliphatic rings. The van der Waals surface area contributed by atoms with Gasteiger partial charge in [0.05, 0.1) is 18.3 Å². The van der Waals surface area contributed by atoms with Crippen LogP contribution in [-0.4, -0.2) is 15.7 Å². The molecule has 0 radical (unpaired) electrons. The maximum atomic E-state index is 13.1. The second kappa shape index (κ2) is 8.70. The Balaban J connectivity index is 1.47. The zero-order valence-electron chi connectivity index (χ0n) is 15.4. The molecule has 7 heteroatoms. The number of ether oxygens (including phenoxy) is 1. The molecule has 0 unspecified atom stereocenters. The van der Waals surface area contributed by atoms with E-state index in [9.17, 15) is 9.18 Å². The Morgan fingerprint density at radius 2 is 1.90 bits per heavy atom. The number of anilines is 1. The van der Waals surface area contributed by atoms with E-state index >= 15 is 0 Å². The highest BCUT2D eigenvalue weighted by atomic mass is 32.1. The second-order valence-corrected chi connectivity index (χ2v) is 7.35. The molecule has 0 bridgehead atoms. The van der Waals surface area contributed by atoms with E-state index in [-0.39, 0.29) is 18.3 Å². The Kier molecular flexibility index (Phi) is 5.67. The van der Waals surface area contributed by atoms with Gasteiger partial charge in [0.1, 0.15) is 24.0 Å². The molecule has 0 spiro atoms. The fourth-order valence-corrected chi connectivity index (χ4v) is 3.51. The van der Waals surface area contributed by atoms with Crippen LogP contribution in [0.15, 0.2) is 78.3 Å². The van der Waals surface area contributed by atoms with E-state index in [0.717, 1.165) is 10.4 Å². The number of para-hydroxylation sites is 1. The summed E-state index contributed by atoms with van der Waals surface area (Å²) in [6.45, 7) is 0.823. The highest BCUT2D eigenvalue weighted by Crippen LogP contribution is 2.22. The number of hydrogen-bond acceptors (Lipinski definition) is 4. The number of halogens is 1.